The van der Waals surface area contributed by atoms with Crippen molar-refractivity contribution in [1.29, 1.82) is 0 Å². The number of rotatable bonds is 11. The van der Waals surface area contributed by atoms with Gasteiger partial charge in [0.05, 0.1) is 45.6 Å². The summed E-state index contributed by atoms with van der Waals surface area (Å²) in [5, 5.41) is 0. The third kappa shape index (κ3) is 8.66. The van der Waals surface area contributed by atoms with Gasteiger partial charge in [-0.2, -0.15) is 0 Å². The van der Waals surface area contributed by atoms with Crippen LogP contribution in [0.1, 0.15) is 11.1 Å². The maximum Gasteiger partial charge on any atom is 0.173 e. The van der Waals surface area contributed by atoms with Gasteiger partial charge in [0.15, 0.2) is 37.9 Å². The van der Waals surface area contributed by atoms with Crippen LogP contribution in [0.15, 0.2) is 219 Å². The van der Waals surface area contributed by atoms with E-state index in [1.54, 1.807) is 24.8 Å². The van der Waals surface area contributed by atoms with Crippen LogP contribution in [0, 0.1) is 0 Å². The van der Waals surface area contributed by atoms with E-state index in [0.29, 0.717) is 0 Å². The number of benzene rings is 2. The number of pyridine rings is 8. The second-order valence-electron chi connectivity index (χ2n) is 15.0. The van der Waals surface area contributed by atoms with Crippen LogP contribution in [-0.2, 0) is 13.1 Å². The molecular weight excluding hydrogens is 761 g/mol. The van der Waals surface area contributed by atoms with Gasteiger partial charge in [-0.05, 0) is 106 Å². The Morgan fingerprint density at radius 1 is 0.274 bits per heavy atom. The van der Waals surface area contributed by atoms with Crippen LogP contribution < -0.4 is 9.13 Å². The summed E-state index contributed by atoms with van der Waals surface area (Å²) in [6.07, 6.45) is 15.7. The van der Waals surface area contributed by atoms with Gasteiger partial charge in [0.1, 0.15) is 0 Å². The van der Waals surface area contributed by atoms with Crippen LogP contribution in [-0.4, -0.2) is 29.9 Å². The molecule has 0 atom stereocenters. The van der Waals surface area contributed by atoms with Gasteiger partial charge >= 0.3 is 0 Å². The lowest BCUT2D eigenvalue weighted by molar-refractivity contribution is -0.688. The quantitative estimate of drug-likeness (QED) is 0.121. The molecule has 0 unspecified atom stereocenters. The van der Waals surface area contributed by atoms with Crippen molar-refractivity contribution < 1.29 is 9.13 Å². The fourth-order valence-corrected chi connectivity index (χ4v) is 7.51. The Morgan fingerprint density at radius 3 is 0.839 bits per heavy atom. The molecule has 0 amide bonds. The zero-order valence-corrected chi connectivity index (χ0v) is 33.8. The van der Waals surface area contributed by atoms with E-state index in [1.165, 1.54) is 22.3 Å². The van der Waals surface area contributed by atoms with E-state index in [2.05, 4.69) is 151 Å². The van der Waals surface area contributed by atoms with Crippen LogP contribution in [0.5, 0.6) is 0 Å². The van der Waals surface area contributed by atoms with Crippen molar-refractivity contribution in [2.24, 2.45) is 0 Å². The lowest BCUT2D eigenvalue weighted by atomic mass is 10.0. The van der Waals surface area contributed by atoms with Crippen molar-refractivity contribution in [2.75, 3.05) is 0 Å². The molecule has 0 bridgehead atoms. The first-order valence-electron chi connectivity index (χ1n) is 20.5. The van der Waals surface area contributed by atoms with E-state index >= 15 is 0 Å². The topological polar surface area (TPSA) is 85.1 Å². The summed E-state index contributed by atoms with van der Waals surface area (Å²) in [5.41, 5.74) is 15.7. The second kappa shape index (κ2) is 17.5. The summed E-state index contributed by atoms with van der Waals surface area (Å²) in [5.74, 6) is 0. The lowest BCUT2D eigenvalue weighted by Gasteiger charge is -2.09. The van der Waals surface area contributed by atoms with Gasteiger partial charge in [0.2, 0.25) is 0 Å². The zero-order valence-electron chi connectivity index (χ0n) is 33.8. The molecule has 10 aromatic rings. The van der Waals surface area contributed by atoms with Gasteiger partial charge in [-0.1, -0.05) is 72.8 Å². The number of hydrogen-bond donors (Lipinski definition) is 0. The Hall–Kier alpha value is -8.36. The maximum absolute atomic E-state index is 4.92. The number of nitrogens with zero attached hydrogens (tertiary/aromatic N) is 8. The molecule has 10 rings (SSSR count). The SMILES string of the molecule is c1ccc(-c2cc(-c3cc[n+](Cc4ccc(-c5ccc(C[n+]6ccc(-c7cc(-c8ccccn8)nc(-c8ccccn8)c7)cc6)cc5)cc4)cc3)cc(-c3ccccn3)n2)nc1. The molecule has 8 heteroatoms. The first-order valence-corrected chi connectivity index (χ1v) is 20.5. The van der Waals surface area contributed by atoms with Crippen molar-refractivity contribution in [2.45, 2.75) is 13.1 Å². The van der Waals surface area contributed by atoms with E-state index in [4.69, 9.17) is 9.97 Å². The van der Waals surface area contributed by atoms with Crippen LogP contribution in [0.25, 0.3) is 78.9 Å². The predicted molar refractivity (Wildman–Crippen MR) is 243 cm³/mol. The average molecular weight is 801 g/mol. The smallest absolute Gasteiger partial charge is 0.173 e. The van der Waals surface area contributed by atoms with Crippen LogP contribution in [0.4, 0.5) is 0 Å². The third-order valence-corrected chi connectivity index (χ3v) is 10.8. The molecule has 2 aromatic carbocycles. The standard InChI is InChI=1S/C54H40N8/c1-5-25-55-47(9-1)51-33-45(34-52(59-51)48-10-2-6-26-56-48)43-21-29-61(30-22-43)37-39-13-17-41(18-14-39)42-19-15-40(16-20-42)38-62-31-23-44(24-32-62)46-35-53(49-11-3-7-27-57-49)60-54(36-46)50-12-4-8-28-58-50/h1-36H,37-38H2/q+2. The zero-order chi connectivity index (χ0) is 41.5. The van der Waals surface area contributed by atoms with Gasteiger partial charge in [0.25, 0.3) is 0 Å². The van der Waals surface area contributed by atoms with E-state index in [9.17, 15) is 0 Å². The predicted octanol–water partition coefficient (Wildman–Crippen LogP) is 10.4. The van der Waals surface area contributed by atoms with E-state index < -0.39 is 0 Å². The van der Waals surface area contributed by atoms with Gasteiger partial charge < -0.3 is 0 Å². The molecule has 0 aliphatic carbocycles. The highest BCUT2D eigenvalue weighted by molar-refractivity contribution is 5.75. The van der Waals surface area contributed by atoms with Crippen LogP contribution in [0.3, 0.4) is 0 Å². The fourth-order valence-electron chi connectivity index (χ4n) is 7.51. The highest BCUT2D eigenvalue weighted by Crippen LogP contribution is 2.30. The Bertz CT molecular complexity index is 2730. The summed E-state index contributed by atoms with van der Waals surface area (Å²) in [4.78, 5) is 28.1. The second-order valence-corrected chi connectivity index (χ2v) is 15.0. The molecule has 0 aliphatic heterocycles. The molecule has 294 valence electrons. The first kappa shape index (κ1) is 37.9. The number of hydrogen-bond acceptors (Lipinski definition) is 6. The molecule has 0 aliphatic rings. The molecule has 8 aromatic heterocycles. The minimum absolute atomic E-state index is 0.766. The molecule has 0 saturated carbocycles. The van der Waals surface area contributed by atoms with Crippen molar-refractivity contribution in [3.8, 4) is 78.9 Å². The molecule has 0 fully saturated rings. The van der Waals surface area contributed by atoms with Gasteiger partial charge in [-0.3, -0.25) is 19.9 Å². The summed E-state index contributed by atoms with van der Waals surface area (Å²) in [6.45, 7) is 1.53. The summed E-state index contributed by atoms with van der Waals surface area (Å²) < 4.78 is 4.40. The van der Waals surface area contributed by atoms with E-state index in [0.717, 1.165) is 80.9 Å². The molecule has 0 N–H and O–H groups in total. The van der Waals surface area contributed by atoms with Gasteiger partial charge in [-0.15, -0.1) is 0 Å². The molecule has 8 nitrogen and oxygen atoms in total. The maximum atomic E-state index is 4.92. The summed E-state index contributed by atoms with van der Waals surface area (Å²) >= 11 is 0. The highest BCUT2D eigenvalue weighted by atomic mass is 14.9. The van der Waals surface area contributed by atoms with Gasteiger partial charge in [-0.25, -0.2) is 19.1 Å². The van der Waals surface area contributed by atoms with E-state index in [1.807, 2.05) is 72.8 Å². The Labute approximate surface area is 360 Å². The molecule has 0 saturated heterocycles. The third-order valence-electron chi connectivity index (χ3n) is 10.8. The van der Waals surface area contributed by atoms with Crippen molar-refractivity contribution in [1.82, 2.24) is 29.9 Å². The molecule has 0 radical (unpaired) electrons. The molecular formula is C54H40N8+2. The lowest BCUT2D eigenvalue weighted by Crippen LogP contribution is -2.33. The summed E-state index contributed by atoms with van der Waals surface area (Å²) in [7, 11) is 0. The Balaban J connectivity index is 0.801. The normalized spacial score (nSPS) is 11.0. The molecule has 8 heterocycles. The largest absolute Gasteiger partial charge is 0.255 e. The first-order chi connectivity index (χ1) is 30.7. The minimum atomic E-state index is 0.766. The Kier molecular flexibility index (Phi) is 10.7. The Morgan fingerprint density at radius 2 is 0.565 bits per heavy atom. The summed E-state index contributed by atoms with van der Waals surface area (Å²) in [6, 6.07) is 58.2. The van der Waals surface area contributed by atoms with Crippen LogP contribution >= 0.6 is 0 Å². The van der Waals surface area contributed by atoms with Crippen molar-refractivity contribution >= 4 is 0 Å². The highest BCUT2D eigenvalue weighted by Gasteiger charge is 2.14. The minimum Gasteiger partial charge on any atom is -0.255 e. The van der Waals surface area contributed by atoms with Crippen molar-refractivity contribution in [3.05, 3.63) is 231 Å². The monoisotopic (exact) mass is 800 g/mol. The number of aromatic nitrogens is 8. The molecule has 62 heavy (non-hydrogen) atoms. The van der Waals surface area contributed by atoms with Crippen LogP contribution in [0.2, 0.25) is 0 Å². The van der Waals surface area contributed by atoms with Crippen molar-refractivity contribution in [3.63, 3.8) is 0 Å². The average Bonchev–Trinajstić information content (AvgIpc) is 3.36. The molecule has 0 spiro atoms. The van der Waals surface area contributed by atoms with E-state index in [-0.39, 0.29) is 0 Å². The fraction of sp³-hybridized carbons (Fsp3) is 0.0370. The van der Waals surface area contributed by atoms with Gasteiger partial charge in [0, 0.05) is 60.2 Å².